The second-order valence-electron chi connectivity index (χ2n) is 7.82. The Labute approximate surface area is 154 Å². The number of hydrogen-bond acceptors (Lipinski definition) is 5. The second-order valence-corrected chi connectivity index (χ2v) is 10.1. The van der Waals surface area contributed by atoms with E-state index in [0.717, 1.165) is 19.5 Å². The van der Waals surface area contributed by atoms with E-state index >= 15 is 0 Å². The Morgan fingerprint density at radius 1 is 1.33 bits per heavy atom. The first-order chi connectivity index (χ1) is 11.7. The number of likely N-dealkylation sites (tertiary alicyclic amines) is 1. The Kier molecular flexibility index (Phi) is 5.38. The second kappa shape index (κ2) is 7.37. The van der Waals surface area contributed by atoms with E-state index in [-0.39, 0.29) is 11.5 Å². The van der Waals surface area contributed by atoms with Gasteiger partial charge in [-0.3, -0.25) is 9.69 Å². The molecule has 0 aromatic carbocycles. The van der Waals surface area contributed by atoms with E-state index in [9.17, 15) is 4.79 Å². The largest absolute Gasteiger partial charge is 0.370 e. The smallest absolute Gasteiger partial charge is 0.219 e. The minimum atomic E-state index is 0.104. The van der Waals surface area contributed by atoms with Gasteiger partial charge in [0.15, 0.2) is 0 Å². The lowest BCUT2D eigenvalue weighted by molar-refractivity contribution is -0.121. The molecule has 4 aliphatic heterocycles. The first-order valence-corrected chi connectivity index (χ1v) is 11.9. The molecule has 4 atom stereocenters. The Morgan fingerprint density at radius 2 is 2.12 bits per heavy atom. The molecule has 1 N–H and O–H groups in total. The van der Waals surface area contributed by atoms with Crippen molar-refractivity contribution in [2.45, 2.75) is 50.4 Å². The molecule has 6 heteroatoms. The monoisotopic (exact) mass is 370 g/mol. The molecule has 4 saturated heterocycles. The molecule has 4 rings (SSSR count). The lowest BCUT2D eigenvalue weighted by Crippen LogP contribution is -2.41. The molecule has 4 nitrogen and oxygen atoms in total. The van der Waals surface area contributed by atoms with E-state index in [1.54, 1.807) is 0 Å². The number of nitrogens with zero attached hydrogens (tertiary/aromatic N) is 1. The van der Waals surface area contributed by atoms with Crippen LogP contribution in [-0.4, -0.2) is 71.2 Å². The van der Waals surface area contributed by atoms with Crippen LogP contribution < -0.4 is 5.32 Å². The summed E-state index contributed by atoms with van der Waals surface area (Å²) in [6.45, 7) is 5.18. The maximum absolute atomic E-state index is 11.9. The van der Waals surface area contributed by atoms with Crippen molar-refractivity contribution < 1.29 is 9.53 Å². The van der Waals surface area contributed by atoms with Gasteiger partial charge >= 0.3 is 0 Å². The summed E-state index contributed by atoms with van der Waals surface area (Å²) in [6.07, 6.45) is 4.38. The Hall–Kier alpha value is 0.0900. The highest BCUT2D eigenvalue weighted by Crippen LogP contribution is 2.55. The number of ether oxygens (including phenoxy) is 1. The van der Waals surface area contributed by atoms with Crippen molar-refractivity contribution in [1.29, 1.82) is 0 Å². The third-order valence-corrected chi connectivity index (χ3v) is 8.82. The predicted octanol–water partition coefficient (Wildman–Crippen LogP) is 2.23. The van der Waals surface area contributed by atoms with Gasteiger partial charge < -0.3 is 10.1 Å². The minimum Gasteiger partial charge on any atom is -0.370 e. The van der Waals surface area contributed by atoms with E-state index in [2.05, 4.69) is 40.7 Å². The first-order valence-electron chi connectivity index (χ1n) is 9.56. The highest BCUT2D eigenvalue weighted by molar-refractivity contribution is 8.03. The average Bonchev–Trinajstić information content (AvgIpc) is 3.14. The van der Waals surface area contributed by atoms with Crippen molar-refractivity contribution in [3.8, 4) is 0 Å². The number of nitrogens with one attached hydrogen (secondary N) is 1. The molecule has 4 fully saturated rings. The van der Waals surface area contributed by atoms with Crippen LogP contribution in [0.1, 0.15) is 32.6 Å². The maximum atomic E-state index is 11.9. The fraction of sp³-hybridized carbons (Fsp3) is 0.944. The fourth-order valence-electron chi connectivity index (χ4n) is 5.14. The molecule has 0 radical (unpaired) electrons. The van der Waals surface area contributed by atoms with Gasteiger partial charge in [0.2, 0.25) is 5.91 Å². The van der Waals surface area contributed by atoms with Crippen molar-refractivity contribution in [3.63, 3.8) is 0 Å². The van der Waals surface area contributed by atoms with Crippen molar-refractivity contribution in [2.75, 3.05) is 42.6 Å². The third-order valence-electron chi connectivity index (χ3n) is 6.33. The Balaban J connectivity index is 1.40. The standard InChI is InChI=1S/C18H30N2O2S2/c1-2-3-17(21)19-8-14-15-9-20(13-10-23-6-7-24-11-13)12-18(15)5-4-16(14)22-18/h13-16H,2-12H2,1H3,(H,19,21)/t14-,15+,16+,18+/m0/s1. The van der Waals surface area contributed by atoms with E-state index in [1.807, 2.05) is 0 Å². The van der Waals surface area contributed by atoms with Gasteiger partial charge in [-0.05, 0) is 19.3 Å². The Bertz CT molecular complexity index is 470. The summed E-state index contributed by atoms with van der Waals surface area (Å²) in [5, 5.41) is 3.18. The number of thioether (sulfide) groups is 2. The summed E-state index contributed by atoms with van der Waals surface area (Å²) < 4.78 is 6.53. The lowest BCUT2D eigenvalue weighted by Gasteiger charge is -2.29. The molecule has 24 heavy (non-hydrogen) atoms. The molecule has 1 spiro atoms. The Morgan fingerprint density at radius 3 is 2.88 bits per heavy atom. The molecule has 0 saturated carbocycles. The predicted molar refractivity (Wildman–Crippen MR) is 102 cm³/mol. The van der Waals surface area contributed by atoms with E-state index < -0.39 is 0 Å². The minimum absolute atomic E-state index is 0.104. The zero-order chi connectivity index (χ0) is 16.6. The van der Waals surface area contributed by atoms with E-state index in [4.69, 9.17) is 4.74 Å². The van der Waals surface area contributed by atoms with Crippen LogP contribution in [0, 0.1) is 11.8 Å². The van der Waals surface area contributed by atoms with E-state index in [0.29, 0.717) is 30.4 Å². The van der Waals surface area contributed by atoms with Crippen LogP contribution in [0.5, 0.6) is 0 Å². The van der Waals surface area contributed by atoms with Crippen LogP contribution in [0.25, 0.3) is 0 Å². The van der Waals surface area contributed by atoms with Gasteiger partial charge in [0.1, 0.15) is 0 Å². The molecule has 0 aliphatic carbocycles. The fourth-order valence-corrected chi connectivity index (χ4v) is 7.77. The average molecular weight is 371 g/mol. The molecule has 0 unspecified atom stereocenters. The van der Waals surface area contributed by atoms with Gasteiger partial charge in [0, 0.05) is 66.9 Å². The highest BCUT2D eigenvalue weighted by Gasteiger charge is 2.63. The van der Waals surface area contributed by atoms with Gasteiger partial charge in [-0.1, -0.05) is 6.92 Å². The molecule has 2 bridgehead atoms. The summed E-state index contributed by atoms with van der Waals surface area (Å²) in [4.78, 5) is 14.6. The number of rotatable bonds is 5. The van der Waals surface area contributed by atoms with Gasteiger partial charge in [0.05, 0.1) is 11.7 Å². The van der Waals surface area contributed by atoms with Crippen molar-refractivity contribution in [1.82, 2.24) is 10.2 Å². The summed E-state index contributed by atoms with van der Waals surface area (Å²) in [6, 6.07) is 0.709. The summed E-state index contributed by atoms with van der Waals surface area (Å²) in [5.74, 6) is 6.50. The number of amides is 1. The zero-order valence-corrected chi connectivity index (χ0v) is 16.3. The van der Waals surface area contributed by atoms with Crippen LogP contribution in [-0.2, 0) is 9.53 Å². The molecule has 1 amide bonds. The lowest BCUT2D eigenvalue weighted by atomic mass is 9.73. The topological polar surface area (TPSA) is 41.6 Å². The number of fused-ring (bicyclic) bond motifs is 1. The quantitative estimate of drug-likeness (QED) is 0.804. The summed E-state index contributed by atoms with van der Waals surface area (Å²) >= 11 is 4.23. The number of carbonyl (C=O) groups is 1. The number of carbonyl (C=O) groups excluding carboxylic acids is 1. The van der Waals surface area contributed by atoms with E-state index in [1.165, 1.54) is 42.4 Å². The molecule has 4 heterocycles. The van der Waals surface area contributed by atoms with Crippen LogP contribution in [0.2, 0.25) is 0 Å². The summed E-state index contributed by atoms with van der Waals surface area (Å²) in [7, 11) is 0. The maximum Gasteiger partial charge on any atom is 0.219 e. The van der Waals surface area contributed by atoms with Crippen LogP contribution in [0.15, 0.2) is 0 Å². The van der Waals surface area contributed by atoms with Gasteiger partial charge in [-0.2, -0.15) is 23.5 Å². The molecule has 4 aliphatic rings. The molecule has 0 aromatic heterocycles. The molecular formula is C18H30N2O2S2. The first kappa shape index (κ1) is 17.5. The van der Waals surface area contributed by atoms with Crippen LogP contribution in [0.3, 0.4) is 0 Å². The van der Waals surface area contributed by atoms with Crippen molar-refractivity contribution in [2.24, 2.45) is 11.8 Å². The summed E-state index contributed by atoms with van der Waals surface area (Å²) in [5.41, 5.74) is 0.104. The van der Waals surface area contributed by atoms with Gasteiger partial charge in [-0.15, -0.1) is 0 Å². The van der Waals surface area contributed by atoms with Crippen molar-refractivity contribution >= 4 is 29.4 Å². The molecule has 136 valence electrons. The molecule has 0 aromatic rings. The van der Waals surface area contributed by atoms with Gasteiger partial charge in [-0.25, -0.2) is 0 Å². The highest BCUT2D eigenvalue weighted by atomic mass is 32.2. The normalized spacial score (nSPS) is 39.8. The van der Waals surface area contributed by atoms with Crippen molar-refractivity contribution in [3.05, 3.63) is 0 Å². The van der Waals surface area contributed by atoms with Crippen LogP contribution >= 0.6 is 23.5 Å². The number of hydrogen-bond donors (Lipinski definition) is 1. The van der Waals surface area contributed by atoms with Crippen LogP contribution in [0.4, 0.5) is 0 Å². The zero-order valence-electron chi connectivity index (χ0n) is 14.7. The SMILES string of the molecule is CCCC(=O)NC[C@H]1[C@H]2CN(C3CSCCSC3)C[C@]23CC[C@H]1O3. The van der Waals surface area contributed by atoms with Gasteiger partial charge in [0.25, 0.3) is 0 Å². The third kappa shape index (κ3) is 3.24. The molecular weight excluding hydrogens is 340 g/mol.